The quantitative estimate of drug-likeness (QED) is 0.113. The molecule has 0 fully saturated rings. The van der Waals surface area contributed by atoms with E-state index in [1.54, 1.807) is 44.4 Å². The molecule has 252 valence electrons. The first-order valence-electron chi connectivity index (χ1n) is 15.4. The summed E-state index contributed by atoms with van der Waals surface area (Å²) >= 11 is 7.02. The summed E-state index contributed by atoms with van der Waals surface area (Å²) in [7, 11) is 3.08. The number of carbonyl (C=O) groups excluding carboxylic acids is 1. The van der Waals surface area contributed by atoms with E-state index in [9.17, 15) is 9.59 Å². The second-order valence-electron chi connectivity index (χ2n) is 10.9. The molecule has 0 N–H and O–H groups in total. The second-order valence-corrected chi connectivity index (χ2v) is 14.0. The van der Waals surface area contributed by atoms with Crippen LogP contribution < -0.4 is 29.1 Å². The second kappa shape index (κ2) is 15.5. The Labute approximate surface area is 314 Å². The van der Waals surface area contributed by atoms with Gasteiger partial charge in [0.05, 0.1) is 57.9 Å². The molecule has 0 saturated heterocycles. The largest absolute Gasteiger partial charge is 0.493 e. The molecular formula is C38H29BrIN3O6S. The molecule has 4 aromatic carbocycles. The summed E-state index contributed by atoms with van der Waals surface area (Å²) in [4.78, 5) is 33.7. The number of fused-ring (bicyclic) bond motifs is 1. The molecule has 1 aromatic heterocycles. The normalized spacial score (nSPS) is 14.0. The van der Waals surface area contributed by atoms with Crippen molar-refractivity contribution in [2.24, 2.45) is 4.99 Å². The Bertz CT molecular complexity index is 2350. The van der Waals surface area contributed by atoms with Gasteiger partial charge in [0, 0.05) is 15.6 Å². The Morgan fingerprint density at radius 3 is 2.46 bits per heavy atom. The fraction of sp³-hybridized carbons (Fsp3) is 0.158. The van der Waals surface area contributed by atoms with E-state index in [2.05, 4.69) is 44.6 Å². The van der Waals surface area contributed by atoms with E-state index in [1.165, 1.54) is 23.0 Å². The maximum absolute atomic E-state index is 14.5. The van der Waals surface area contributed by atoms with Crippen molar-refractivity contribution >= 4 is 67.6 Å². The van der Waals surface area contributed by atoms with Gasteiger partial charge in [0.25, 0.3) is 5.56 Å². The van der Waals surface area contributed by atoms with Crippen LogP contribution in [0.1, 0.15) is 40.8 Å². The lowest BCUT2D eigenvalue weighted by Crippen LogP contribution is -2.40. The molecule has 5 aromatic rings. The molecule has 2 heterocycles. The number of nitrogens with zero attached hydrogens (tertiary/aromatic N) is 3. The summed E-state index contributed by atoms with van der Waals surface area (Å²) in [5.74, 6) is 0.967. The zero-order valence-corrected chi connectivity index (χ0v) is 31.7. The van der Waals surface area contributed by atoms with Crippen LogP contribution in [0, 0.1) is 14.9 Å². The topological polar surface area (TPSA) is 112 Å². The standard InChI is InChI=1S/C38H29BrIN3O6S/c1-4-48-37(45)32-33(24-8-6-5-7-9-24)42-38-43(34(32)25-14-15-29(46-2)30(17-25)47-3)36(44)31(50-38)18-26-16-27(39)19-28(40)35(26)49-21-23-12-10-22(20-41)11-13-23/h5-19,34H,4,21H2,1-3H3/b31-18-/t34-/m1/s1. The summed E-state index contributed by atoms with van der Waals surface area (Å²) in [5.41, 5.74) is 3.77. The van der Waals surface area contributed by atoms with E-state index in [1.807, 2.05) is 60.7 Å². The predicted molar refractivity (Wildman–Crippen MR) is 203 cm³/mol. The fourth-order valence-electron chi connectivity index (χ4n) is 5.59. The smallest absolute Gasteiger partial charge is 0.338 e. The lowest BCUT2D eigenvalue weighted by atomic mass is 9.93. The molecule has 0 unspecified atom stereocenters. The number of hydrogen-bond donors (Lipinski definition) is 0. The van der Waals surface area contributed by atoms with Gasteiger partial charge in [-0.3, -0.25) is 9.36 Å². The lowest BCUT2D eigenvalue weighted by molar-refractivity contribution is -0.138. The number of aromatic nitrogens is 1. The molecule has 12 heteroatoms. The number of thiazole rings is 1. The van der Waals surface area contributed by atoms with Gasteiger partial charge in [-0.25, -0.2) is 9.79 Å². The molecule has 1 atom stereocenters. The molecule has 9 nitrogen and oxygen atoms in total. The number of esters is 1. The molecule has 0 radical (unpaired) electrons. The first-order valence-corrected chi connectivity index (χ1v) is 18.1. The molecule has 0 aliphatic carbocycles. The summed E-state index contributed by atoms with van der Waals surface area (Å²) in [6.07, 6.45) is 1.78. The third-order valence-corrected chi connectivity index (χ3v) is 10.1. The van der Waals surface area contributed by atoms with Crippen LogP contribution in [-0.4, -0.2) is 31.4 Å². The lowest BCUT2D eigenvalue weighted by Gasteiger charge is -2.26. The van der Waals surface area contributed by atoms with Crippen LogP contribution >= 0.6 is 49.9 Å². The average Bonchev–Trinajstić information content (AvgIpc) is 3.44. The van der Waals surface area contributed by atoms with Gasteiger partial charge >= 0.3 is 5.97 Å². The van der Waals surface area contributed by atoms with Crippen LogP contribution in [0.3, 0.4) is 0 Å². The van der Waals surface area contributed by atoms with Gasteiger partial charge in [-0.1, -0.05) is 75.8 Å². The highest BCUT2D eigenvalue weighted by Gasteiger charge is 2.35. The third kappa shape index (κ3) is 7.12. The van der Waals surface area contributed by atoms with Crippen molar-refractivity contribution in [3.8, 4) is 23.3 Å². The van der Waals surface area contributed by atoms with Crippen LogP contribution in [0.15, 0.2) is 105 Å². The van der Waals surface area contributed by atoms with E-state index in [-0.39, 0.29) is 24.3 Å². The van der Waals surface area contributed by atoms with E-state index >= 15 is 0 Å². The maximum Gasteiger partial charge on any atom is 0.338 e. The van der Waals surface area contributed by atoms with Crippen molar-refractivity contribution in [1.29, 1.82) is 5.26 Å². The van der Waals surface area contributed by atoms with E-state index in [0.717, 1.165) is 13.6 Å². The molecule has 0 saturated carbocycles. The minimum Gasteiger partial charge on any atom is -0.493 e. The number of benzene rings is 4. The van der Waals surface area contributed by atoms with Gasteiger partial charge in [0.2, 0.25) is 0 Å². The third-order valence-electron chi connectivity index (χ3n) is 7.89. The van der Waals surface area contributed by atoms with Crippen LogP contribution in [0.25, 0.3) is 11.8 Å². The van der Waals surface area contributed by atoms with E-state index < -0.39 is 12.0 Å². The summed E-state index contributed by atoms with van der Waals surface area (Å²) in [6, 6.07) is 26.9. The maximum atomic E-state index is 14.5. The Balaban J connectivity index is 1.56. The van der Waals surface area contributed by atoms with Gasteiger partial charge in [0.15, 0.2) is 16.3 Å². The molecule has 0 amide bonds. The highest BCUT2D eigenvalue weighted by Crippen LogP contribution is 2.38. The van der Waals surface area contributed by atoms with Crippen LogP contribution in [-0.2, 0) is 16.1 Å². The first kappa shape index (κ1) is 35.1. The Kier molecular flexibility index (Phi) is 10.9. The highest BCUT2D eigenvalue weighted by atomic mass is 127. The molecule has 0 spiro atoms. The number of nitriles is 1. The number of halogens is 2. The van der Waals surface area contributed by atoms with Gasteiger partial charge in [-0.15, -0.1) is 0 Å². The van der Waals surface area contributed by atoms with Crippen LogP contribution in [0.2, 0.25) is 0 Å². The number of hydrogen-bond acceptors (Lipinski definition) is 9. The van der Waals surface area contributed by atoms with Gasteiger partial charge < -0.3 is 18.9 Å². The van der Waals surface area contributed by atoms with Gasteiger partial charge in [0.1, 0.15) is 12.4 Å². The zero-order chi connectivity index (χ0) is 35.4. The minimum absolute atomic E-state index is 0.139. The summed E-state index contributed by atoms with van der Waals surface area (Å²) < 4.78 is 26.6. The molecule has 50 heavy (non-hydrogen) atoms. The molecule has 0 bridgehead atoms. The van der Waals surface area contributed by atoms with Gasteiger partial charge in [-0.05, 0) is 83.1 Å². The Hall–Kier alpha value is -4.71. The summed E-state index contributed by atoms with van der Waals surface area (Å²) in [6.45, 7) is 2.13. The van der Waals surface area contributed by atoms with Crippen LogP contribution in [0.5, 0.6) is 17.2 Å². The molecular weight excluding hydrogens is 833 g/mol. The van der Waals surface area contributed by atoms with Crippen molar-refractivity contribution in [3.63, 3.8) is 0 Å². The number of carbonyl (C=O) groups is 1. The SMILES string of the molecule is CCOC(=O)C1=C(c2ccccc2)N=c2s/c(=C\c3cc(Br)cc(I)c3OCc3ccc(C#N)cc3)c(=O)n2[C@@H]1c1ccc(OC)c(OC)c1. The van der Waals surface area contributed by atoms with Crippen molar-refractivity contribution < 1.29 is 23.7 Å². The van der Waals surface area contributed by atoms with E-state index in [4.69, 9.17) is 29.2 Å². The Morgan fingerprint density at radius 1 is 1.04 bits per heavy atom. The monoisotopic (exact) mass is 861 g/mol. The molecule has 6 rings (SSSR count). The van der Waals surface area contributed by atoms with Crippen molar-refractivity contribution in [1.82, 2.24) is 4.57 Å². The molecule has 1 aliphatic heterocycles. The van der Waals surface area contributed by atoms with Crippen molar-refractivity contribution in [3.05, 3.63) is 146 Å². The minimum atomic E-state index is -0.891. The van der Waals surface area contributed by atoms with Gasteiger partial charge in [-0.2, -0.15) is 5.26 Å². The number of methoxy groups -OCH3 is 2. The highest BCUT2D eigenvalue weighted by molar-refractivity contribution is 14.1. The van der Waals surface area contributed by atoms with Crippen molar-refractivity contribution in [2.45, 2.75) is 19.6 Å². The average molecular weight is 863 g/mol. The predicted octanol–water partition coefficient (Wildman–Crippen LogP) is 6.77. The zero-order valence-electron chi connectivity index (χ0n) is 27.1. The first-order chi connectivity index (χ1) is 24.3. The fourth-order valence-corrected chi connectivity index (χ4v) is 8.29. The van der Waals surface area contributed by atoms with E-state index in [0.29, 0.717) is 54.5 Å². The Morgan fingerprint density at radius 2 is 1.78 bits per heavy atom. The summed E-state index contributed by atoms with van der Waals surface area (Å²) in [5, 5.41) is 9.16. The number of ether oxygens (including phenoxy) is 4. The van der Waals surface area contributed by atoms with Crippen LogP contribution in [0.4, 0.5) is 0 Å². The van der Waals surface area contributed by atoms with Crippen molar-refractivity contribution in [2.75, 3.05) is 20.8 Å². The molecule has 1 aliphatic rings. The number of rotatable bonds is 10.